The highest BCUT2D eigenvalue weighted by Crippen LogP contribution is 2.28. The van der Waals surface area contributed by atoms with Crippen molar-refractivity contribution < 1.29 is 8.42 Å². The zero-order valence-electron chi connectivity index (χ0n) is 10.5. The maximum absolute atomic E-state index is 12.5. The molecule has 0 spiro atoms. The Kier molecular flexibility index (Phi) is 4.70. The van der Waals surface area contributed by atoms with Crippen molar-refractivity contribution in [3.63, 3.8) is 0 Å². The van der Waals surface area contributed by atoms with Crippen LogP contribution in [0, 0.1) is 0 Å². The third-order valence-electron chi connectivity index (χ3n) is 2.91. The molecular weight excluding hydrogens is 317 g/mol. The van der Waals surface area contributed by atoms with Crippen LogP contribution in [0.3, 0.4) is 0 Å². The van der Waals surface area contributed by atoms with Gasteiger partial charge in [0.15, 0.2) is 9.84 Å². The van der Waals surface area contributed by atoms with Gasteiger partial charge in [-0.15, -0.1) is 0 Å². The number of rotatable bonds is 4. The average molecular weight is 330 g/mol. The van der Waals surface area contributed by atoms with Gasteiger partial charge in [0.2, 0.25) is 0 Å². The highest BCUT2D eigenvalue weighted by molar-refractivity contribution is 7.90. The van der Waals surface area contributed by atoms with Gasteiger partial charge in [0.25, 0.3) is 0 Å². The van der Waals surface area contributed by atoms with Crippen molar-refractivity contribution >= 4 is 33.0 Å². The standard InChI is InChI=1S/C14H13Cl2NO2S/c15-12-5-6-13(16)14(7-12)20(18,19)9-11-4-2-1-3-10(11)8-17/h1-7H,8-9,17H2. The topological polar surface area (TPSA) is 60.2 Å². The SMILES string of the molecule is NCc1ccccc1CS(=O)(=O)c1cc(Cl)ccc1Cl. The molecule has 0 aromatic heterocycles. The second-order valence-electron chi connectivity index (χ2n) is 4.31. The summed E-state index contributed by atoms with van der Waals surface area (Å²) in [6, 6.07) is 11.6. The molecule has 2 N–H and O–H groups in total. The lowest BCUT2D eigenvalue weighted by molar-refractivity contribution is 0.595. The van der Waals surface area contributed by atoms with Crippen molar-refractivity contribution in [2.75, 3.05) is 0 Å². The Hall–Kier alpha value is -1.07. The molecule has 0 aliphatic carbocycles. The molecule has 2 rings (SSSR count). The zero-order valence-corrected chi connectivity index (χ0v) is 12.8. The van der Waals surface area contributed by atoms with E-state index in [4.69, 9.17) is 28.9 Å². The molecule has 0 saturated carbocycles. The summed E-state index contributed by atoms with van der Waals surface area (Å²) < 4.78 is 24.9. The Morgan fingerprint density at radius 3 is 2.30 bits per heavy atom. The monoisotopic (exact) mass is 329 g/mol. The van der Waals surface area contributed by atoms with E-state index in [1.54, 1.807) is 18.2 Å². The molecule has 0 amide bonds. The highest BCUT2D eigenvalue weighted by atomic mass is 35.5. The second-order valence-corrected chi connectivity index (χ2v) is 7.11. The first-order chi connectivity index (χ1) is 9.44. The van der Waals surface area contributed by atoms with Crippen molar-refractivity contribution in [1.29, 1.82) is 0 Å². The van der Waals surface area contributed by atoms with Crippen LogP contribution in [0.25, 0.3) is 0 Å². The quantitative estimate of drug-likeness (QED) is 0.934. The Morgan fingerprint density at radius 1 is 1.00 bits per heavy atom. The molecule has 0 saturated heterocycles. The molecule has 106 valence electrons. The maximum atomic E-state index is 12.5. The van der Waals surface area contributed by atoms with Gasteiger partial charge in [-0.2, -0.15) is 0 Å². The lowest BCUT2D eigenvalue weighted by Gasteiger charge is -2.10. The Bertz CT molecular complexity index is 730. The lowest BCUT2D eigenvalue weighted by Crippen LogP contribution is -2.09. The fourth-order valence-corrected chi connectivity index (χ4v) is 4.12. The summed E-state index contributed by atoms with van der Waals surface area (Å²) in [5, 5.41) is 0.500. The molecule has 0 radical (unpaired) electrons. The summed E-state index contributed by atoms with van der Waals surface area (Å²) in [6.07, 6.45) is 0. The molecule has 3 nitrogen and oxygen atoms in total. The van der Waals surface area contributed by atoms with Crippen molar-refractivity contribution in [3.05, 3.63) is 63.6 Å². The van der Waals surface area contributed by atoms with Crippen LogP contribution in [0.4, 0.5) is 0 Å². The van der Waals surface area contributed by atoms with Gasteiger partial charge >= 0.3 is 0 Å². The molecule has 0 bridgehead atoms. The smallest absolute Gasteiger partial charge is 0.184 e. The number of nitrogens with two attached hydrogens (primary N) is 1. The fourth-order valence-electron chi connectivity index (χ4n) is 1.90. The summed E-state index contributed by atoms with van der Waals surface area (Å²) in [6.45, 7) is 0.287. The number of halogens is 2. The van der Waals surface area contributed by atoms with Crippen LogP contribution in [-0.2, 0) is 22.1 Å². The number of hydrogen-bond acceptors (Lipinski definition) is 3. The summed E-state index contributed by atoms with van der Waals surface area (Å²) in [7, 11) is -3.57. The van der Waals surface area contributed by atoms with Gasteiger partial charge in [-0.05, 0) is 29.3 Å². The fraction of sp³-hybridized carbons (Fsp3) is 0.143. The van der Waals surface area contributed by atoms with E-state index < -0.39 is 9.84 Å². The molecule has 0 fully saturated rings. The molecule has 0 unspecified atom stereocenters. The van der Waals surface area contributed by atoms with Crippen LogP contribution in [0.2, 0.25) is 10.0 Å². The number of sulfone groups is 1. The summed E-state index contributed by atoms with van der Waals surface area (Å²) >= 11 is 11.8. The molecular formula is C14H13Cl2NO2S. The minimum Gasteiger partial charge on any atom is -0.326 e. The first-order valence-electron chi connectivity index (χ1n) is 5.88. The van der Waals surface area contributed by atoms with Gasteiger partial charge in [-0.3, -0.25) is 0 Å². The van der Waals surface area contributed by atoms with Crippen LogP contribution >= 0.6 is 23.2 Å². The van der Waals surface area contributed by atoms with Crippen molar-refractivity contribution in [2.45, 2.75) is 17.2 Å². The first-order valence-corrected chi connectivity index (χ1v) is 8.29. The molecule has 20 heavy (non-hydrogen) atoms. The number of benzene rings is 2. The molecule has 6 heteroatoms. The van der Waals surface area contributed by atoms with E-state index in [0.29, 0.717) is 10.6 Å². The number of hydrogen-bond donors (Lipinski definition) is 1. The van der Waals surface area contributed by atoms with Crippen LogP contribution in [0.5, 0.6) is 0 Å². The Balaban J connectivity index is 2.43. The normalized spacial score (nSPS) is 11.6. The summed E-state index contributed by atoms with van der Waals surface area (Å²) in [5.41, 5.74) is 7.09. The van der Waals surface area contributed by atoms with Crippen molar-refractivity contribution in [2.24, 2.45) is 5.73 Å². The van der Waals surface area contributed by atoms with E-state index in [0.717, 1.165) is 5.56 Å². The third kappa shape index (κ3) is 3.33. The molecule has 0 aliphatic rings. The van der Waals surface area contributed by atoms with Gasteiger partial charge < -0.3 is 5.73 Å². The van der Waals surface area contributed by atoms with Crippen LogP contribution in [0.15, 0.2) is 47.4 Å². The van der Waals surface area contributed by atoms with E-state index in [9.17, 15) is 8.42 Å². The Morgan fingerprint density at radius 2 is 1.65 bits per heavy atom. The van der Waals surface area contributed by atoms with E-state index in [2.05, 4.69) is 0 Å². The van der Waals surface area contributed by atoms with Gasteiger partial charge in [0, 0.05) is 11.6 Å². The largest absolute Gasteiger partial charge is 0.326 e. The maximum Gasteiger partial charge on any atom is 0.184 e. The van der Waals surface area contributed by atoms with Gasteiger partial charge in [0.05, 0.1) is 15.7 Å². The van der Waals surface area contributed by atoms with Crippen LogP contribution in [0.1, 0.15) is 11.1 Å². The molecule has 0 atom stereocenters. The molecule has 2 aromatic carbocycles. The van der Waals surface area contributed by atoms with E-state index >= 15 is 0 Å². The van der Waals surface area contributed by atoms with E-state index in [1.807, 2.05) is 12.1 Å². The minimum atomic E-state index is -3.57. The van der Waals surface area contributed by atoms with Gasteiger partial charge in [-0.25, -0.2) is 8.42 Å². The zero-order chi connectivity index (χ0) is 14.8. The molecule has 0 aliphatic heterocycles. The third-order valence-corrected chi connectivity index (χ3v) is 5.29. The lowest BCUT2D eigenvalue weighted by atomic mass is 10.1. The van der Waals surface area contributed by atoms with E-state index in [1.165, 1.54) is 12.1 Å². The summed E-state index contributed by atoms with van der Waals surface area (Å²) in [5.74, 6) is -0.152. The van der Waals surface area contributed by atoms with Crippen LogP contribution in [-0.4, -0.2) is 8.42 Å². The summed E-state index contributed by atoms with van der Waals surface area (Å²) in [4.78, 5) is 0.0403. The minimum absolute atomic E-state index is 0.0403. The Labute approximate surface area is 128 Å². The van der Waals surface area contributed by atoms with Gasteiger partial charge in [0.1, 0.15) is 0 Å². The second kappa shape index (κ2) is 6.14. The molecule has 0 heterocycles. The first kappa shape index (κ1) is 15.3. The highest BCUT2D eigenvalue weighted by Gasteiger charge is 2.20. The van der Waals surface area contributed by atoms with Crippen molar-refractivity contribution in [1.82, 2.24) is 0 Å². The predicted molar refractivity (Wildman–Crippen MR) is 81.7 cm³/mol. The van der Waals surface area contributed by atoms with Crippen LogP contribution < -0.4 is 5.73 Å². The van der Waals surface area contributed by atoms with Crippen molar-refractivity contribution in [3.8, 4) is 0 Å². The molecule has 2 aromatic rings. The average Bonchev–Trinajstić information content (AvgIpc) is 2.41. The van der Waals surface area contributed by atoms with E-state index in [-0.39, 0.29) is 22.2 Å². The van der Waals surface area contributed by atoms with Gasteiger partial charge in [-0.1, -0.05) is 47.5 Å². The predicted octanol–water partition coefficient (Wildman–Crippen LogP) is 3.43.